The summed E-state index contributed by atoms with van der Waals surface area (Å²) in [6.07, 6.45) is -3.67. The number of nitrogens with zero attached hydrogens (tertiary/aromatic N) is 1. The fourth-order valence-electron chi connectivity index (χ4n) is 2.76. The number of alkyl halides is 3. The van der Waals surface area contributed by atoms with Crippen LogP contribution >= 0.6 is 12.4 Å². The minimum atomic E-state index is -4.34. The molecule has 1 aromatic carbocycles. The van der Waals surface area contributed by atoms with Crippen LogP contribution in [0, 0.1) is 0 Å². The topological polar surface area (TPSA) is 55.3 Å². The van der Waals surface area contributed by atoms with Crippen molar-refractivity contribution in [3.63, 3.8) is 0 Å². The highest BCUT2D eigenvalue weighted by molar-refractivity contribution is 5.85. The van der Waals surface area contributed by atoms with Crippen molar-refractivity contribution in [2.75, 3.05) is 11.4 Å². The molecule has 21 heavy (non-hydrogen) atoms. The van der Waals surface area contributed by atoms with E-state index in [0.717, 1.165) is 6.07 Å². The van der Waals surface area contributed by atoms with Gasteiger partial charge in [-0.25, -0.2) is 0 Å². The normalized spacial score (nSPS) is 25.4. The van der Waals surface area contributed by atoms with Crippen molar-refractivity contribution >= 4 is 18.1 Å². The molecule has 2 unspecified atom stereocenters. The Morgan fingerprint density at radius 1 is 1.24 bits per heavy atom. The van der Waals surface area contributed by atoms with Crippen molar-refractivity contribution in [3.8, 4) is 0 Å². The molecule has 0 radical (unpaired) electrons. The molecule has 4 N–H and O–H groups in total. The SMILES string of the molecule is CC1(C)C(N)C(N)CCN1c1cccc(C(F)(F)F)c1.Cl. The zero-order valence-corrected chi connectivity index (χ0v) is 12.8. The minimum Gasteiger partial charge on any atom is -0.365 e. The van der Waals surface area contributed by atoms with Gasteiger partial charge in [-0.3, -0.25) is 0 Å². The first-order valence-corrected chi connectivity index (χ1v) is 6.60. The van der Waals surface area contributed by atoms with Crippen LogP contribution in [0.3, 0.4) is 0 Å². The Morgan fingerprint density at radius 3 is 2.43 bits per heavy atom. The van der Waals surface area contributed by atoms with Gasteiger partial charge in [0.15, 0.2) is 0 Å². The fourth-order valence-corrected chi connectivity index (χ4v) is 2.76. The molecule has 1 aliphatic heterocycles. The fraction of sp³-hybridized carbons (Fsp3) is 0.571. The molecule has 3 nitrogen and oxygen atoms in total. The maximum atomic E-state index is 12.8. The van der Waals surface area contributed by atoms with Crippen LogP contribution in [0.5, 0.6) is 0 Å². The molecule has 1 aromatic rings. The van der Waals surface area contributed by atoms with Gasteiger partial charge in [-0.15, -0.1) is 12.4 Å². The summed E-state index contributed by atoms with van der Waals surface area (Å²) < 4.78 is 38.4. The second-order valence-corrected chi connectivity index (χ2v) is 5.83. The van der Waals surface area contributed by atoms with Crippen LogP contribution in [-0.4, -0.2) is 24.2 Å². The molecule has 7 heteroatoms. The van der Waals surface area contributed by atoms with Gasteiger partial charge in [0, 0.05) is 24.3 Å². The first kappa shape index (κ1) is 18.1. The number of piperidine rings is 1. The Bertz CT molecular complexity index is 491. The minimum absolute atomic E-state index is 0. The number of hydrogen-bond donors (Lipinski definition) is 2. The van der Waals surface area contributed by atoms with Gasteiger partial charge in [0.2, 0.25) is 0 Å². The molecule has 1 aliphatic rings. The van der Waals surface area contributed by atoms with Crippen LogP contribution in [0.25, 0.3) is 0 Å². The van der Waals surface area contributed by atoms with E-state index in [-0.39, 0.29) is 24.5 Å². The van der Waals surface area contributed by atoms with Gasteiger partial charge >= 0.3 is 6.18 Å². The predicted molar refractivity (Wildman–Crippen MR) is 80.7 cm³/mol. The Morgan fingerprint density at radius 2 is 1.86 bits per heavy atom. The molecule has 0 amide bonds. The number of rotatable bonds is 1. The van der Waals surface area contributed by atoms with Gasteiger partial charge in [0.05, 0.1) is 11.1 Å². The van der Waals surface area contributed by atoms with E-state index in [1.165, 1.54) is 12.1 Å². The first-order valence-electron chi connectivity index (χ1n) is 6.60. The largest absolute Gasteiger partial charge is 0.416 e. The monoisotopic (exact) mass is 323 g/mol. The maximum absolute atomic E-state index is 12.8. The molecule has 0 aliphatic carbocycles. The quantitative estimate of drug-likeness (QED) is 0.835. The summed E-state index contributed by atoms with van der Waals surface area (Å²) in [6.45, 7) is 4.43. The molecular weight excluding hydrogens is 303 g/mol. The molecule has 0 aromatic heterocycles. The number of hydrogen-bond acceptors (Lipinski definition) is 3. The van der Waals surface area contributed by atoms with Crippen molar-refractivity contribution in [2.45, 2.75) is 44.1 Å². The Hall–Kier alpha value is -0.980. The molecule has 0 saturated carbocycles. The van der Waals surface area contributed by atoms with Crippen LogP contribution in [0.2, 0.25) is 0 Å². The molecule has 0 bridgehead atoms. The third-order valence-corrected chi connectivity index (χ3v) is 4.14. The molecule has 1 saturated heterocycles. The maximum Gasteiger partial charge on any atom is 0.416 e. The van der Waals surface area contributed by atoms with E-state index in [1.807, 2.05) is 18.7 Å². The van der Waals surface area contributed by atoms with Gasteiger partial charge in [-0.1, -0.05) is 6.07 Å². The highest BCUT2D eigenvalue weighted by atomic mass is 35.5. The lowest BCUT2D eigenvalue weighted by molar-refractivity contribution is -0.137. The molecule has 2 atom stereocenters. The van der Waals surface area contributed by atoms with Gasteiger partial charge in [0.1, 0.15) is 0 Å². The van der Waals surface area contributed by atoms with Crippen molar-refractivity contribution < 1.29 is 13.2 Å². The van der Waals surface area contributed by atoms with E-state index < -0.39 is 17.3 Å². The summed E-state index contributed by atoms with van der Waals surface area (Å²) in [5.41, 5.74) is 11.5. The molecule has 1 fully saturated rings. The standard InChI is InChI=1S/C14H20F3N3.ClH/c1-13(2)12(19)11(18)6-7-20(13)10-5-3-4-9(8-10)14(15,16)17;/h3-5,8,11-12H,6-7,18-19H2,1-2H3;1H. The van der Waals surface area contributed by atoms with E-state index in [1.54, 1.807) is 6.07 Å². The first-order chi connectivity index (χ1) is 9.14. The van der Waals surface area contributed by atoms with Gasteiger partial charge in [-0.2, -0.15) is 13.2 Å². The Labute approximate surface area is 128 Å². The van der Waals surface area contributed by atoms with Crippen LogP contribution in [0.1, 0.15) is 25.8 Å². The zero-order chi connectivity index (χ0) is 15.1. The van der Waals surface area contributed by atoms with Gasteiger partial charge in [0.25, 0.3) is 0 Å². The molecule has 0 spiro atoms. The lowest BCUT2D eigenvalue weighted by Crippen LogP contribution is -2.67. The lowest BCUT2D eigenvalue weighted by Gasteiger charge is -2.50. The third-order valence-electron chi connectivity index (χ3n) is 4.14. The summed E-state index contributed by atoms with van der Waals surface area (Å²) >= 11 is 0. The Balaban J connectivity index is 0.00000220. The van der Waals surface area contributed by atoms with Crippen LogP contribution < -0.4 is 16.4 Å². The number of halogens is 4. The van der Waals surface area contributed by atoms with Crippen molar-refractivity contribution in [3.05, 3.63) is 29.8 Å². The average Bonchev–Trinajstić information content (AvgIpc) is 2.35. The summed E-state index contributed by atoms with van der Waals surface area (Å²) in [6, 6.07) is 4.93. The molecule has 2 rings (SSSR count). The number of benzene rings is 1. The third kappa shape index (κ3) is 3.44. The van der Waals surface area contributed by atoms with Crippen LogP contribution in [0.4, 0.5) is 18.9 Å². The average molecular weight is 324 g/mol. The second kappa shape index (κ2) is 6.02. The van der Waals surface area contributed by atoms with E-state index in [2.05, 4.69) is 0 Å². The van der Waals surface area contributed by atoms with Crippen molar-refractivity contribution in [1.29, 1.82) is 0 Å². The van der Waals surface area contributed by atoms with E-state index >= 15 is 0 Å². The smallest absolute Gasteiger partial charge is 0.365 e. The summed E-state index contributed by atoms with van der Waals surface area (Å²) in [5, 5.41) is 0. The van der Waals surface area contributed by atoms with Gasteiger partial charge in [-0.05, 0) is 38.5 Å². The highest BCUT2D eigenvalue weighted by Gasteiger charge is 2.41. The van der Waals surface area contributed by atoms with E-state index in [4.69, 9.17) is 11.5 Å². The second-order valence-electron chi connectivity index (χ2n) is 5.83. The summed E-state index contributed by atoms with van der Waals surface area (Å²) in [7, 11) is 0. The van der Waals surface area contributed by atoms with E-state index in [9.17, 15) is 13.2 Å². The Kier molecular flexibility index (Phi) is 5.18. The lowest BCUT2D eigenvalue weighted by atomic mass is 9.82. The summed E-state index contributed by atoms with van der Waals surface area (Å²) in [4.78, 5) is 1.91. The van der Waals surface area contributed by atoms with E-state index in [0.29, 0.717) is 18.7 Å². The van der Waals surface area contributed by atoms with Gasteiger partial charge < -0.3 is 16.4 Å². The summed E-state index contributed by atoms with van der Waals surface area (Å²) in [5.74, 6) is 0. The van der Waals surface area contributed by atoms with Crippen molar-refractivity contribution in [1.82, 2.24) is 0 Å². The predicted octanol–water partition coefficient (Wildman–Crippen LogP) is 2.77. The van der Waals surface area contributed by atoms with Crippen LogP contribution in [-0.2, 0) is 6.18 Å². The van der Waals surface area contributed by atoms with Crippen molar-refractivity contribution in [2.24, 2.45) is 11.5 Å². The number of nitrogens with two attached hydrogens (primary N) is 2. The molecule has 1 heterocycles. The molecular formula is C14H21ClF3N3. The highest BCUT2D eigenvalue weighted by Crippen LogP contribution is 2.35. The molecule has 120 valence electrons. The van der Waals surface area contributed by atoms with Crippen LogP contribution in [0.15, 0.2) is 24.3 Å². The number of anilines is 1. The zero-order valence-electron chi connectivity index (χ0n) is 12.0.